The molecule has 2 aromatic carbocycles. The number of hydrogen-bond acceptors (Lipinski definition) is 3. The second-order valence-electron chi connectivity index (χ2n) is 4.43. The fourth-order valence-corrected chi connectivity index (χ4v) is 2.36. The number of ether oxygens (including phenoxy) is 2. The minimum absolute atomic E-state index is 0.154. The fraction of sp³-hybridized carbons (Fsp3) is 0.188. The van der Waals surface area contributed by atoms with Crippen LogP contribution in [0.2, 0.25) is 0 Å². The Morgan fingerprint density at radius 2 is 2.00 bits per heavy atom. The molecule has 1 N–H and O–H groups in total. The van der Waals surface area contributed by atoms with Gasteiger partial charge >= 0.3 is 0 Å². The minimum Gasteiger partial charge on any atom is -0.497 e. The van der Waals surface area contributed by atoms with Crippen LogP contribution in [0.4, 0.5) is 5.69 Å². The number of anilines is 1. The van der Waals surface area contributed by atoms with Crippen LogP contribution in [0, 0.1) is 3.57 Å². The molecule has 0 radical (unpaired) electrons. The molecule has 0 heterocycles. The molecule has 0 aliphatic carbocycles. The molecule has 0 atom stereocenters. The molecule has 0 spiro atoms. The van der Waals surface area contributed by atoms with Crippen LogP contribution >= 0.6 is 22.6 Å². The van der Waals surface area contributed by atoms with Gasteiger partial charge in [-0.3, -0.25) is 4.79 Å². The summed E-state index contributed by atoms with van der Waals surface area (Å²) in [4.78, 5) is 12.3. The lowest BCUT2D eigenvalue weighted by Gasteiger charge is -2.10. The van der Waals surface area contributed by atoms with Crippen molar-refractivity contribution in [3.8, 4) is 5.75 Å². The maximum absolute atomic E-state index is 12.3. The van der Waals surface area contributed by atoms with Crippen LogP contribution in [0.15, 0.2) is 42.5 Å². The summed E-state index contributed by atoms with van der Waals surface area (Å²) in [5.74, 6) is 0.554. The Morgan fingerprint density at radius 1 is 1.19 bits per heavy atom. The number of amides is 1. The standard InChI is InChI=1S/C16H16INO3/c1-20-10-11-4-3-5-12(8-11)16(19)18-15-9-13(21-2)6-7-14(15)17/h3-9H,10H2,1-2H3,(H,18,19). The third-order valence-electron chi connectivity index (χ3n) is 2.92. The van der Waals surface area contributed by atoms with Gasteiger partial charge in [0.1, 0.15) is 5.75 Å². The molecule has 21 heavy (non-hydrogen) atoms. The highest BCUT2D eigenvalue weighted by molar-refractivity contribution is 14.1. The highest BCUT2D eigenvalue weighted by Gasteiger charge is 2.10. The van der Waals surface area contributed by atoms with E-state index in [0.717, 1.165) is 14.8 Å². The number of carbonyl (C=O) groups excluding carboxylic acids is 1. The van der Waals surface area contributed by atoms with E-state index >= 15 is 0 Å². The number of benzene rings is 2. The van der Waals surface area contributed by atoms with E-state index in [9.17, 15) is 4.79 Å². The van der Waals surface area contributed by atoms with Gasteiger partial charge < -0.3 is 14.8 Å². The van der Waals surface area contributed by atoms with Crippen LogP contribution < -0.4 is 10.1 Å². The largest absolute Gasteiger partial charge is 0.497 e. The first kappa shape index (κ1) is 15.8. The molecule has 4 nitrogen and oxygen atoms in total. The molecule has 0 bridgehead atoms. The van der Waals surface area contributed by atoms with E-state index in [1.54, 1.807) is 26.4 Å². The van der Waals surface area contributed by atoms with Crippen LogP contribution in [-0.2, 0) is 11.3 Å². The van der Waals surface area contributed by atoms with E-state index in [2.05, 4.69) is 27.9 Å². The highest BCUT2D eigenvalue weighted by atomic mass is 127. The number of hydrogen-bond donors (Lipinski definition) is 1. The summed E-state index contributed by atoms with van der Waals surface area (Å²) in [6, 6.07) is 12.9. The molecule has 1 amide bonds. The zero-order valence-corrected chi connectivity index (χ0v) is 14.0. The van der Waals surface area contributed by atoms with E-state index in [4.69, 9.17) is 9.47 Å². The molecule has 0 saturated carbocycles. The lowest BCUT2D eigenvalue weighted by Crippen LogP contribution is -2.13. The SMILES string of the molecule is COCc1cccc(C(=O)Nc2cc(OC)ccc2I)c1. The zero-order chi connectivity index (χ0) is 15.2. The molecule has 0 fully saturated rings. The number of halogens is 1. The van der Waals surface area contributed by atoms with Gasteiger partial charge in [0.15, 0.2) is 0 Å². The Kier molecular flexibility index (Phi) is 5.58. The fourth-order valence-electron chi connectivity index (χ4n) is 1.89. The van der Waals surface area contributed by atoms with Gasteiger partial charge in [0, 0.05) is 22.3 Å². The van der Waals surface area contributed by atoms with Gasteiger partial charge in [0.05, 0.1) is 19.4 Å². The van der Waals surface area contributed by atoms with Crippen molar-refractivity contribution in [3.05, 3.63) is 57.2 Å². The van der Waals surface area contributed by atoms with Gasteiger partial charge in [-0.1, -0.05) is 12.1 Å². The van der Waals surface area contributed by atoms with Crippen molar-refractivity contribution in [3.63, 3.8) is 0 Å². The Bertz CT molecular complexity index is 643. The molecule has 0 aliphatic rings. The summed E-state index contributed by atoms with van der Waals surface area (Å²) in [7, 11) is 3.23. The third-order valence-corrected chi connectivity index (χ3v) is 3.86. The quantitative estimate of drug-likeness (QED) is 0.783. The van der Waals surface area contributed by atoms with E-state index < -0.39 is 0 Å². The summed E-state index contributed by atoms with van der Waals surface area (Å²) in [6.45, 7) is 0.484. The first-order valence-corrected chi connectivity index (χ1v) is 7.44. The van der Waals surface area contributed by atoms with Crippen molar-refractivity contribution < 1.29 is 14.3 Å². The number of rotatable bonds is 5. The van der Waals surface area contributed by atoms with Crippen molar-refractivity contribution in [1.29, 1.82) is 0 Å². The molecule has 110 valence electrons. The van der Waals surface area contributed by atoms with Crippen molar-refractivity contribution in [1.82, 2.24) is 0 Å². The van der Waals surface area contributed by atoms with Crippen LogP contribution in [0.5, 0.6) is 5.75 Å². The maximum atomic E-state index is 12.3. The Labute approximate surface area is 137 Å². The summed E-state index contributed by atoms with van der Waals surface area (Å²) >= 11 is 2.18. The van der Waals surface area contributed by atoms with E-state index in [0.29, 0.717) is 17.9 Å². The minimum atomic E-state index is -0.154. The normalized spacial score (nSPS) is 10.2. The van der Waals surface area contributed by atoms with Gasteiger partial charge in [0.2, 0.25) is 0 Å². The molecule has 0 unspecified atom stereocenters. The monoisotopic (exact) mass is 397 g/mol. The van der Waals surface area contributed by atoms with Crippen molar-refractivity contribution in [2.75, 3.05) is 19.5 Å². The topological polar surface area (TPSA) is 47.6 Å². The maximum Gasteiger partial charge on any atom is 0.255 e. The Hall–Kier alpha value is -1.60. The predicted octanol–water partition coefficient (Wildman–Crippen LogP) is 3.70. The summed E-state index contributed by atoms with van der Waals surface area (Å²) in [5.41, 5.74) is 2.30. The lowest BCUT2D eigenvalue weighted by molar-refractivity contribution is 0.102. The van der Waals surface area contributed by atoms with Gasteiger partial charge in [0.25, 0.3) is 5.91 Å². The van der Waals surface area contributed by atoms with Gasteiger partial charge in [-0.25, -0.2) is 0 Å². The highest BCUT2D eigenvalue weighted by Crippen LogP contribution is 2.24. The number of methoxy groups -OCH3 is 2. The van der Waals surface area contributed by atoms with E-state index in [-0.39, 0.29) is 5.91 Å². The number of carbonyl (C=O) groups is 1. The molecular weight excluding hydrogens is 381 g/mol. The molecular formula is C16H16INO3. The van der Waals surface area contributed by atoms with E-state index in [1.807, 2.05) is 30.3 Å². The van der Waals surface area contributed by atoms with Crippen molar-refractivity contribution in [2.24, 2.45) is 0 Å². The van der Waals surface area contributed by atoms with Crippen molar-refractivity contribution in [2.45, 2.75) is 6.61 Å². The molecule has 5 heteroatoms. The van der Waals surface area contributed by atoms with Crippen LogP contribution in [0.1, 0.15) is 15.9 Å². The molecule has 0 aliphatic heterocycles. The lowest BCUT2D eigenvalue weighted by atomic mass is 10.1. The summed E-state index contributed by atoms with van der Waals surface area (Å²) in [5, 5.41) is 2.90. The first-order valence-electron chi connectivity index (χ1n) is 6.37. The van der Waals surface area contributed by atoms with Crippen LogP contribution in [-0.4, -0.2) is 20.1 Å². The third kappa shape index (κ3) is 4.18. The second kappa shape index (κ2) is 7.42. The average molecular weight is 397 g/mol. The molecule has 0 aromatic heterocycles. The van der Waals surface area contributed by atoms with E-state index in [1.165, 1.54) is 0 Å². The smallest absolute Gasteiger partial charge is 0.255 e. The predicted molar refractivity (Wildman–Crippen MR) is 90.8 cm³/mol. The molecule has 2 aromatic rings. The average Bonchev–Trinajstić information content (AvgIpc) is 2.50. The van der Waals surface area contributed by atoms with Gasteiger partial charge in [-0.15, -0.1) is 0 Å². The van der Waals surface area contributed by atoms with Gasteiger partial charge in [-0.2, -0.15) is 0 Å². The zero-order valence-electron chi connectivity index (χ0n) is 11.9. The molecule has 0 saturated heterocycles. The molecule has 2 rings (SSSR count). The Morgan fingerprint density at radius 3 is 2.71 bits per heavy atom. The first-order chi connectivity index (χ1) is 10.1. The van der Waals surface area contributed by atoms with Crippen LogP contribution in [0.25, 0.3) is 0 Å². The summed E-state index contributed by atoms with van der Waals surface area (Å²) < 4.78 is 11.2. The second-order valence-corrected chi connectivity index (χ2v) is 5.60. The van der Waals surface area contributed by atoms with Crippen LogP contribution in [0.3, 0.4) is 0 Å². The Balaban J connectivity index is 2.19. The number of nitrogens with one attached hydrogen (secondary N) is 1. The van der Waals surface area contributed by atoms with Gasteiger partial charge in [-0.05, 0) is 52.4 Å². The van der Waals surface area contributed by atoms with Crippen molar-refractivity contribution >= 4 is 34.2 Å². The summed E-state index contributed by atoms with van der Waals surface area (Å²) in [6.07, 6.45) is 0.